The van der Waals surface area contributed by atoms with Crippen LogP contribution in [0.1, 0.15) is 23.4 Å². The molecule has 126 valence electrons. The van der Waals surface area contributed by atoms with E-state index in [-0.39, 0.29) is 17.9 Å². The van der Waals surface area contributed by atoms with Gasteiger partial charge in [-0.25, -0.2) is 0 Å². The number of hydrogen-bond acceptors (Lipinski definition) is 4. The van der Waals surface area contributed by atoms with Crippen LogP contribution in [-0.4, -0.2) is 52.2 Å². The van der Waals surface area contributed by atoms with Gasteiger partial charge in [-0.05, 0) is 24.8 Å². The highest BCUT2D eigenvalue weighted by Gasteiger charge is 2.66. The molecule has 1 aromatic heterocycles. The van der Waals surface area contributed by atoms with Crippen LogP contribution in [0.3, 0.4) is 0 Å². The van der Waals surface area contributed by atoms with E-state index in [2.05, 4.69) is 15.5 Å². The number of fused-ring (bicyclic) bond motifs is 2. The molecule has 0 radical (unpaired) electrons. The van der Waals surface area contributed by atoms with E-state index < -0.39 is 17.4 Å². The highest BCUT2D eigenvalue weighted by Crippen LogP contribution is 2.51. The van der Waals surface area contributed by atoms with Crippen molar-refractivity contribution in [2.24, 2.45) is 11.8 Å². The van der Waals surface area contributed by atoms with Crippen LogP contribution in [0.25, 0.3) is 0 Å². The Kier molecular flexibility index (Phi) is 2.78. The number of amides is 2. The average Bonchev–Trinajstić information content (AvgIpc) is 3.31. The van der Waals surface area contributed by atoms with E-state index in [4.69, 9.17) is 4.74 Å². The van der Waals surface area contributed by atoms with Gasteiger partial charge in [0.1, 0.15) is 5.60 Å². The lowest BCUT2D eigenvalue weighted by Crippen LogP contribution is -2.43. The summed E-state index contributed by atoms with van der Waals surface area (Å²) in [5, 5.41) is 10.4. The largest absolute Gasteiger partial charge is 0.360 e. The predicted molar refractivity (Wildman–Crippen MR) is 83.8 cm³/mol. The Labute approximate surface area is 139 Å². The maximum atomic E-state index is 12.8. The van der Waals surface area contributed by atoms with E-state index in [1.54, 1.807) is 11.9 Å². The van der Waals surface area contributed by atoms with Crippen LogP contribution in [0.5, 0.6) is 0 Å². The Hall–Kier alpha value is -2.15. The maximum Gasteiger partial charge on any atom is 0.229 e. The minimum absolute atomic E-state index is 0.00246. The summed E-state index contributed by atoms with van der Waals surface area (Å²) in [6.07, 6.45) is 6.79. The van der Waals surface area contributed by atoms with Crippen molar-refractivity contribution in [3.05, 3.63) is 29.1 Å². The number of carbonyl (C=O) groups is 2. The monoisotopic (exact) mass is 328 g/mol. The van der Waals surface area contributed by atoms with E-state index in [1.165, 1.54) is 11.3 Å². The lowest BCUT2D eigenvalue weighted by Gasteiger charge is -2.23. The van der Waals surface area contributed by atoms with Crippen molar-refractivity contribution in [2.75, 3.05) is 13.6 Å². The van der Waals surface area contributed by atoms with Gasteiger partial charge in [-0.1, -0.05) is 12.2 Å². The van der Waals surface area contributed by atoms with Gasteiger partial charge < -0.3 is 15.0 Å². The molecule has 1 spiro atoms. The fourth-order valence-electron chi connectivity index (χ4n) is 4.81. The topological polar surface area (TPSA) is 87.3 Å². The number of nitrogens with one attached hydrogen (secondary N) is 2. The summed E-state index contributed by atoms with van der Waals surface area (Å²) >= 11 is 0. The van der Waals surface area contributed by atoms with Gasteiger partial charge in [0.05, 0.1) is 36.7 Å². The van der Waals surface area contributed by atoms with Gasteiger partial charge in [-0.3, -0.25) is 14.7 Å². The summed E-state index contributed by atoms with van der Waals surface area (Å²) in [6, 6.07) is 0. The van der Waals surface area contributed by atoms with Crippen LogP contribution in [0, 0.1) is 11.8 Å². The summed E-state index contributed by atoms with van der Waals surface area (Å²) in [4.78, 5) is 26.9. The number of likely N-dealkylation sites (N-methyl/N-ethyl adjacent to an activating group) is 1. The minimum Gasteiger partial charge on any atom is -0.360 e. The number of carbonyl (C=O) groups excluding carboxylic acids is 2. The standard InChI is InChI=1S/C17H20N4O3/c1-21-8-17-6-5-12(24-17)13(14(17)16(21)23)15(22)18-7-11-9-3-2-4-10(9)19-20-11/h5-6,12-14H,2-4,7-8H2,1H3,(H,18,22)(H,19,20)/t12-,13-,14+,17-/m1/s1. The molecule has 2 fully saturated rings. The quantitative estimate of drug-likeness (QED) is 0.760. The molecule has 2 amide bonds. The molecular formula is C17H20N4O3. The van der Waals surface area contributed by atoms with E-state index in [1.807, 2.05) is 12.2 Å². The summed E-state index contributed by atoms with van der Waals surface area (Å²) in [5.41, 5.74) is 2.75. The second kappa shape index (κ2) is 4.69. The molecule has 7 heteroatoms. The lowest BCUT2D eigenvalue weighted by molar-refractivity contribution is -0.136. The molecule has 1 aromatic rings. The average molecular weight is 328 g/mol. The maximum absolute atomic E-state index is 12.8. The van der Waals surface area contributed by atoms with Crippen molar-refractivity contribution in [3.63, 3.8) is 0 Å². The summed E-state index contributed by atoms with van der Waals surface area (Å²) < 4.78 is 6.01. The Balaban J connectivity index is 1.34. The van der Waals surface area contributed by atoms with Crippen molar-refractivity contribution in [3.8, 4) is 0 Å². The molecule has 4 heterocycles. The Morgan fingerprint density at radius 2 is 2.42 bits per heavy atom. The van der Waals surface area contributed by atoms with Crippen molar-refractivity contribution in [2.45, 2.75) is 37.5 Å². The molecule has 3 aliphatic heterocycles. The number of hydrogen-bond donors (Lipinski definition) is 2. The molecule has 0 saturated carbocycles. The first-order valence-electron chi connectivity index (χ1n) is 8.54. The number of rotatable bonds is 3. The lowest BCUT2D eigenvalue weighted by atomic mass is 9.77. The number of nitrogens with zero attached hydrogens (tertiary/aromatic N) is 2. The third kappa shape index (κ3) is 1.73. The van der Waals surface area contributed by atoms with Crippen LogP contribution in [-0.2, 0) is 33.7 Å². The zero-order valence-electron chi connectivity index (χ0n) is 13.5. The van der Waals surface area contributed by atoms with E-state index in [9.17, 15) is 9.59 Å². The second-order valence-electron chi connectivity index (χ2n) is 7.29. The molecule has 0 unspecified atom stereocenters. The summed E-state index contributed by atoms with van der Waals surface area (Å²) in [5.74, 6) is -0.959. The van der Waals surface area contributed by atoms with Gasteiger partial charge in [0.2, 0.25) is 11.8 Å². The first-order chi connectivity index (χ1) is 11.6. The molecule has 4 aliphatic rings. The number of likely N-dealkylation sites (tertiary alicyclic amines) is 1. The fourth-order valence-corrected chi connectivity index (χ4v) is 4.81. The number of H-pyrrole nitrogens is 1. The molecule has 7 nitrogen and oxygen atoms in total. The first-order valence-corrected chi connectivity index (χ1v) is 8.54. The third-order valence-corrected chi connectivity index (χ3v) is 5.91. The highest BCUT2D eigenvalue weighted by molar-refractivity contribution is 5.92. The SMILES string of the molecule is CN1C[C@@]23C=C[C@@H](O2)[C@@H](C(=O)NCc2n[nH]c4c2CCC4)[C@H]3C1=O. The van der Waals surface area contributed by atoms with E-state index in [0.29, 0.717) is 13.1 Å². The molecule has 2 saturated heterocycles. The predicted octanol–water partition coefficient (Wildman–Crippen LogP) is -0.0736. The number of aromatic nitrogens is 2. The molecule has 4 atom stereocenters. The van der Waals surface area contributed by atoms with Gasteiger partial charge in [-0.2, -0.15) is 5.10 Å². The van der Waals surface area contributed by atoms with Crippen molar-refractivity contribution in [1.29, 1.82) is 0 Å². The smallest absolute Gasteiger partial charge is 0.229 e. The molecule has 0 aromatic carbocycles. The van der Waals surface area contributed by atoms with Crippen LogP contribution < -0.4 is 5.32 Å². The van der Waals surface area contributed by atoms with E-state index >= 15 is 0 Å². The summed E-state index contributed by atoms with van der Waals surface area (Å²) in [7, 11) is 1.77. The van der Waals surface area contributed by atoms with E-state index in [0.717, 1.165) is 25.0 Å². The third-order valence-electron chi connectivity index (χ3n) is 5.91. The van der Waals surface area contributed by atoms with Gasteiger partial charge >= 0.3 is 0 Å². The summed E-state index contributed by atoms with van der Waals surface area (Å²) in [6.45, 7) is 0.932. The Morgan fingerprint density at radius 3 is 3.29 bits per heavy atom. The van der Waals surface area contributed by atoms with Gasteiger partial charge in [0.15, 0.2) is 0 Å². The normalized spacial score (nSPS) is 35.6. The molecular weight excluding hydrogens is 308 g/mol. The second-order valence-corrected chi connectivity index (χ2v) is 7.29. The van der Waals surface area contributed by atoms with Crippen LogP contribution in [0.2, 0.25) is 0 Å². The van der Waals surface area contributed by atoms with Gasteiger partial charge in [0.25, 0.3) is 0 Å². The Bertz CT molecular complexity index is 770. The van der Waals surface area contributed by atoms with Crippen LogP contribution >= 0.6 is 0 Å². The fraction of sp³-hybridized carbons (Fsp3) is 0.588. The van der Waals surface area contributed by atoms with Crippen molar-refractivity contribution in [1.82, 2.24) is 20.4 Å². The molecule has 24 heavy (non-hydrogen) atoms. The van der Waals surface area contributed by atoms with Crippen LogP contribution in [0.4, 0.5) is 0 Å². The number of ether oxygens (including phenoxy) is 1. The van der Waals surface area contributed by atoms with Gasteiger partial charge in [0, 0.05) is 12.7 Å². The van der Waals surface area contributed by atoms with Gasteiger partial charge in [-0.15, -0.1) is 0 Å². The Morgan fingerprint density at radius 1 is 1.54 bits per heavy atom. The molecule has 2 bridgehead atoms. The molecule has 1 aliphatic carbocycles. The minimum atomic E-state index is -0.605. The first kappa shape index (κ1) is 14.2. The molecule has 2 N–H and O–H groups in total. The highest BCUT2D eigenvalue weighted by atomic mass is 16.5. The zero-order valence-corrected chi connectivity index (χ0v) is 13.5. The van der Waals surface area contributed by atoms with Crippen molar-refractivity contribution < 1.29 is 14.3 Å². The number of aryl methyl sites for hydroxylation is 1. The molecule has 5 rings (SSSR count). The van der Waals surface area contributed by atoms with Crippen LogP contribution in [0.15, 0.2) is 12.2 Å². The zero-order chi connectivity index (χ0) is 16.5. The number of aromatic amines is 1. The van der Waals surface area contributed by atoms with Crippen molar-refractivity contribution >= 4 is 11.8 Å².